The van der Waals surface area contributed by atoms with Gasteiger partial charge in [0.25, 0.3) is 0 Å². The molecule has 66 valence electrons. The normalized spacial score (nSPS) is 13.0. The molecule has 1 aromatic rings. The highest BCUT2D eigenvalue weighted by Crippen LogP contribution is 2.27. The fraction of sp³-hybridized carbons (Fsp3) is 0.250. The predicted molar refractivity (Wildman–Crippen MR) is 52.8 cm³/mol. The molecule has 1 rings (SSSR count). The Kier molecular flexibility index (Phi) is 3.53. The molecule has 0 radical (unpaired) electrons. The maximum atomic E-state index is 5.80. The van der Waals surface area contributed by atoms with E-state index >= 15 is 0 Å². The van der Waals surface area contributed by atoms with Gasteiger partial charge in [0.1, 0.15) is 6.10 Å². The SMILES string of the molecule is CC(ON)c1cc(Cl)ccc1Br. The molecule has 1 unspecified atom stereocenters. The topological polar surface area (TPSA) is 35.2 Å². The second-order valence-electron chi connectivity index (χ2n) is 2.44. The summed E-state index contributed by atoms with van der Waals surface area (Å²) in [5.74, 6) is 5.06. The van der Waals surface area contributed by atoms with Crippen LogP contribution < -0.4 is 5.90 Å². The molecule has 0 aliphatic heterocycles. The monoisotopic (exact) mass is 249 g/mol. The first-order valence-corrected chi connectivity index (χ1v) is 4.62. The zero-order valence-corrected chi connectivity index (χ0v) is 8.89. The first-order chi connectivity index (χ1) is 5.65. The van der Waals surface area contributed by atoms with Crippen LogP contribution >= 0.6 is 27.5 Å². The fourth-order valence-electron chi connectivity index (χ4n) is 0.899. The minimum atomic E-state index is -0.155. The Balaban J connectivity index is 3.04. The highest BCUT2D eigenvalue weighted by molar-refractivity contribution is 9.10. The van der Waals surface area contributed by atoms with Gasteiger partial charge >= 0.3 is 0 Å². The van der Waals surface area contributed by atoms with Crippen LogP contribution in [-0.4, -0.2) is 0 Å². The van der Waals surface area contributed by atoms with E-state index in [1.54, 1.807) is 6.07 Å². The van der Waals surface area contributed by atoms with E-state index < -0.39 is 0 Å². The molecule has 0 heterocycles. The van der Waals surface area contributed by atoms with Crippen LogP contribution in [0.2, 0.25) is 5.02 Å². The van der Waals surface area contributed by atoms with Gasteiger partial charge in [0.05, 0.1) is 0 Å². The van der Waals surface area contributed by atoms with Crippen LogP contribution in [0.25, 0.3) is 0 Å². The first kappa shape index (κ1) is 9.99. The van der Waals surface area contributed by atoms with Gasteiger partial charge in [-0.3, -0.25) is 4.84 Å². The quantitative estimate of drug-likeness (QED) is 0.819. The summed E-state index contributed by atoms with van der Waals surface area (Å²) in [5, 5.41) is 0.678. The summed E-state index contributed by atoms with van der Waals surface area (Å²) in [6, 6.07) is 5.49. The lowest BCUT2D eigenvalue weighted by Crippen LogP contribution is -2.05. The molecule has 0 fully saturated rings. The Morgan fingerprint density at radius 3 is 2.83 bits per heavy atom. The zero-order valence-electron chi connectivity index (χ0n) is 6.55. The summed E-state index contributed by atoms with van der Waals surface area (Å²) in [4.78, 5) is 4.68. The van der Waals surface area contributed by atoms with Gasteiger partial charge < -0.3 is 0 Å². The van der Waals surface area contributed by atoms with Crippen LogP contribution in [0.4, 0.5) is 0 Å². The lowest BCUT2D eigenvalue weighted by molar-refractivity contribution is 0.0659. The average Bonchev–Trinajstić information content (AvgIpc) is 2.08. The molecule has 0 aliphatic carbocycles. The third kappa shape index (κ3) is 2.20. The van der Waals surface area contributed by atoms with Crippen LogP contribution in [0, 0.1) is 0 Å². The van der Waals surface area contributed by atoms with Crippen molar-refractivity contribution in [1.82, 2.24) is 0 Å². The van der Waals surface area contributed by atoms with Gasteiger partial charge in [0, 0.05) is 9.50 Å². The van der Waals surface area contributed by atoms with Crippen molar-refractivity contribution in [3.63, 3.8) is 0 Å². The summed E-state index contributed by atoms with van der Waals surface area (Å²) in [6.07, 6.45) is -0.155. The van der Waals surface area contributed by atoms with E-state index in [2.05, 4.69) is 20.8 Å². The molecule has 2 nitrogen and oxygen atoms in total. The van der Waals surface area contributed by atoms with E-state index in [0.29, 0.717) is 5.02 Å². The maximum Gasteiger partial charge on any atom is 0.102 e. The predicted octanol–water partition coefficient (Wildman–Crippen LogP) is 3.05. The van der Waals surface area contributed by atoms with E-state index in [1.165, 1.54) is 0 Å². The van der Waals surface area contributed by atoms with Crippen LogP contribution in [0.3, 0.4) is 0 Å². The van der Waals surface area contributed by atoms with Crippen LogP contribution in [0.15, 0.2) is 22.7 Å². The van der Waals surface area contributed by atoms with E-state index in [4.69, 9.17) is 17.5 Å². The van der Waals surface area contributed by atoms with E-state index in [-0.39, 0.29) is 6.10 Å². The van der Waals surface area contributed by atoms with E-state index in [1.807, 2.05) is 19.1 Å². The Labute approximate surface area is 84.7 Å². The van der Waals surface area contributed by atoms with Crippen molar-refractivity contribution in [3.05, 3.63) is 33.3 Å². The molecule has 0 amide bonds. The van der Waals surface area contributed by atoms with Crippen LogP contribution in [-0.2, 0) is 4.84 Å². The molecular weight excluding hydrogens is 241 g/mol. The molecule has 0 bridgehead atoms. The zero-order chi connectivity index (χ0) is 9.14. The van der Waals surface area contributed by atoms with Gasteiger partial charge in [0.15, 0.2) is 0 Å². The van der Waals surface area contributed by atoms with Gasteiger partial charge in [-0.2, -0.15) is 0 Å². The molecule has 1 atom stereocenters. The average molecular weight is 251 g/mol. The van der Waals surface area contributed by atoms with Gasteiger partial charge in [-0.1, -0.05) is 27.5 Å². The highest BCUT2D eigenvalue weighted by atomic mass is 79.9. The number of hydrogen-bond acceptors (Lipinski definition) is 2. The molecule has 0 spiro atoms. The summed E-state index contributed by atoms with van der Waals surface area (Å²) in [6.45, 7) is 1.86. The maximum absolute atomic E-state index is 5.80. The van der Waals surface area contributed by atoms with E-state index in [9.17, 15) is 0 Å². The molecule has 0 aliphatic rings. The molecule has 4 heteroatoms. The molecule has 12 heavy (non-hydrogen) atoms. The van der Waals surface area contributed by atoms with Crippen LogP contribution in [0.1, 0.15) is 18.6 Å². The van der Waals surface area contributed by atoms with Crippen molar-refractivity contribution in [2.75, 3.05) is 0 Å². The largest absolute Gasteiger partial charge is 0.297 e. The minimum absolute atomic E-state index is 0.155. The summed E-state index contributed by atoms with van der Waals surface area (Å²) in [7, 11) is 0. The Morgan fingerprint density at radius 1 is 1.58 bits per heavy atom. The summed E-state index contributed by atoms with van der Waals surface area (Å²) in [5.41, 5.74) is 0.949. The summed E-state index contributed by atoms with van der Waals surface area (Å²) >= 11 is 9.18. The van der Waals surface area contributed by atoms with Crippen LogP contribution in [0.5, 0.6) is 0 Å². The van der Waals surface area contributed by atoms with E-state index in [0.717, 1.165) is 10.0 Å². The van der Waals surface area contributed by atoms with Crippen molar-refractivity contribution in [1.29, 1.82) is 0 Å². The Bertz CT molecular complexity index is 280. The number of halogens is 2. The number of hydrogen-bond donors (Lipinski definition) is 1. The molecule has 0 saturated carbocycles. The molecular formula is C8H9BrClNO. The molecule has 0 saturated heterocycles. The molecule has 2 N–H and O–H groups in total. The van der Waals surface area contributed by atoms with Crippen molar-refractivity contribution < 1.29 is 4.84 Å². The summed E-state index contributed by atoms with van der Waals surface area (Å²) < 4.78 is 0.949. The Morgan fingerprint density at radius 2 is 2.25 bits per heavy atom. The Hall–Kier alpha value is -0.0900. The molecule has 1 aromatic carbocycles. The second kappa shape index (κ2) is 4.23. The second-order valence-corrected chi connectivity index (χ2v) is 3.73. The van der Waals surface area contributed by atoms with Crippen molar-refractivity contribution >= 4 is 27.5 Å². The number of rotatable bonds is 2. The fourth-order valence-corrected chi connectivity index (χ4v) is 1.65. The van der Waals surface area contributed by atoms with Gasteiger partial charge in [-0.05, 0) is 30.7 Å². The number of benzene rings is 1. The van der Waals surface area contributed by atoms with Crippen molar-refractivity contribution in [3.8, 4) is 0 Å². The first-order valence-electron chi connectivity index (χ1n) is 3.45. The van der Waals surface area contributed by atoms with Crippen molar-refractivity contribution in [2.45, 2.75) is 13.0 Å². The van der Waals surface area contributed by atoms with Crippen molar-refractivity contribution in [2.24, 2.45) is 5.90 Å². The lowest BCUT2D eigenvalue weighted by atomic mass is 10.1. The third-order valence-corrected chi connectivity index (χ3v) is 2.56. The third-order valence-electron chi connectivity index (χ3n) is 1.60. The smallest absolute Gasteiger partial charge is 0.102 e. The lowest BCUT2D eigenvalue weighted by Gasteiger charge is -2.10. The highest BCUT2D eigenvalue weighted by Gasteiger charge is 2.08. The number of nitrogens with two attached hydrogens (primary N) is 1. The van der Waals surface area contributed by atoms with Gasteiger partial charge in [-0.25, -0.2) is 5.90 Å². The molecule has 0 aromatic heterocycles. The van der Waals surface area contributed by atoms with Gasteiger partial charge in [0.2, 0.25) is 0 Å². The minimum Gasteiger partial charge on any atom is -0.297 e. The van der Waals surface area contributed by atoms with Gasteiger partial charge in [-0.15, -0.1) is 0 Å². The standard InChI is InChI=1S/C8H9BrClNO/c1-5(12-11)7-4-6(10)2-3-8(7)9/h2-5H,11H2,1H3.